The molecule has 40 heteroatoms. The lowest BCUT2D eigenvalue weighted by atomic mass is 9.87. The van der Waals surface area contributed by atoms with Gasteiger partial charge in [0.2, 0.25) is 11.8 Å². The zero-order chi connectivity index (χ0) is 81.9. The maximum atomic E-state index is 15.5. The smallest absolute Gasteiger partial charge is 0.366 e. The van der Waals surface area contributed by atoms with Crippen molar-refractivity contribution in [1.29, 1.82) is 0 Å². The first-order chi connectivity index (χ1) is 51.0. The van der Waals surface area contributed by atoms with E-state index in [1.807, 2.05) is 0 Å². The largest absolute Gasteiger partial charge is 0.469 e. The van der Waals surface area contributed by atoms with E-state index in [0.717, 1.165) is 104 Å². The molecule has 0 aromatic heterocycles. The second kappa shape index (κ2) is 43.6. The zero-order valence-electron chi connectivity index (χ0n) is 64.3. The summed E-state index contributed by atoms with van der Waals surface area (Å²) in [5.74, 6) is -20.2. The number of methoxy groups -OCH3 is 2. The standard InChI is InChI=1S/C69H102N2O38/c1-32(72)70-51-45(95-38(7)78)27-69(67(87)89-18,108-58(51)54(98-41(10)81)46(96-39(8)79)28-91-34(3)74)109-60-56(105-63-52(71-33(2)73)57(99-42(11)82)53(97-40(9)80)47(102-63)29-92-35(4)75)49(31-94-37(6)77)104-65(62(60)101-44(13)84)106-55-48(30-93-36(5)76)103-64(90-26-24-22-20-19-21-23-25-50(85)88-17)61(59(55)100-43(12)83)107-66(86)68(14,15)16/h45-49,51-65H,19-31H2,1-18H3,(H,70,72)(H,71,73)/t45-,46+,47+,48+,49+,51+,52+,53-,54+,55+,56-,57+,58+,59-,60-,61+,62+,63-,64+,65-,69-/m0/s1. The Kier molecular flexibility index (Phi) is 37.0. The van der Waals surface area contributed by atoms with Gasteiger partial charge in [-0.05, 0) is 33.6 Å². The van der Waals surface area contributed by atoms with Crippen molar-refractivity contribution in [1.82, 2.24) is 10.6 Å². The molecular weight excluding hydrogens is 1460 g/mol. The van der Waals surface area contributed by atoms with Gasteiger partial charge in [-0.3, -0.25) is 71.9 Å². The van der Waals surface area contributed by atoms with Crippen molar-refractivity contribution in [2.24, 2.45) is 5.41 Å². The SMILES string of the molecule is COC(=O)CCCCCCCCO[C@@H]1O[C@H](COC(C)=O)[C@@H](O[C@@H]2O[C@H](COC(C)=O)[C@H](O[C@@H]3O[C@H](COC(C)=O)[C@H](OC(C)=O)[C@H](OC(C)=O)[C@H]3NC(C)=O)[C@H](O[C@]3(C(=O)OC)C[C@H](OC(C)=O)[C@@H](NC(C)=O)[C@H]([C@H](OC(C)=O)[C@@H](COC(C)=O)OC(C)=O)O3)[C@H]2OC(C)=O)[C@H](OC(C)=O)[C@H]1OC(=O)C(C)(C)C. The third-order valence-corrected chi connectivity index (χ3v) is 16.3. The Morgan fingerprint density at radius 3 is 1.36 bits per heavy atom. The van der Waals surface area contributed by atoms with Crippen LogP contribution < -0.4 is 10.6 Å². The molecule has 4 heterocycles. The number of rotatable bonds is 37. The van der Waals surface area contributed by atoms with Crippen LogP contribution in [-0.4, -0.2) is 271 Å². The van der Waals surface area contributed by atoms with Gasteiger partial charge in [0.25, 0.3) is 5.79 Å². The molecule has 0 saturated carbocycles. The molecule has 40 nitrogen and oxygen atoms in total. The summed E-state index contributed by atoms with van der Waals surface area (Å²) in [6.45, 7) is 12.7. The Balaban J connectivity index is 2.27. The molecule has 4 fully saturated rings. The van der Waals surface area contributed by atoms with Crippen molar-refractivity contribution in [3.63, 3.8) is 0 Å². The first-order valence-electron chi connectivity index (χ1n) is 34.9. The number of carbonyl (C=O) groups is 16. The normalized spacial score (nSPS) is 28.5. The first-order valence-corrected chi connectivity index (χ1v) is 34.9. The van der Waals surface area contributed by atoms with E-state index in [0.29, 0.717) is 32.1 Å². The van der Waals surface area contributed by atoms with Crippen LogP contribution in [0.5, 0.6) is 0 Å². The topological polar surface area (TPSA) is 500 Å². The van der Waals surface area contributed by atoms with Gasteiger partial charge in [0.1, 0.15) is 81.3 Å². The van der Waals surface area contributed by atoms with Crippen LogP contribution in [0.25, 0.3) is 0 Å². The van der Waals surface area contributed by atoms with Crippen LogP contribution in [-0.2, 0) is 181 Å². The Bertz CT molecular complexity index is 3190. The number of hydrogen-bond donors (Lipinski definition) is 2. The third-order valence-electron chi connectivity index (χ3n) is 16.3. The minimum Gasteiger partial charge on any atom is -0.469 e. The summed E-state index contributed by atoms with van der Waals surface area (Å²) in [5, 5.41) is 5.03. The minimum absolute atomic E-state index is 0.121. The average molecular weight is 1570 g/mol. The fourth-order valence-electron chi connectivity index (χ4n) is 12.0. The molecule has 4 rings (SSSR count). The molecule has 21 atom stereocenters. The van der Waals surface area contributed by atoms with E-state index in [9.17, 15) is 71.9 Å². The summed E-state index contributed by atoms with van der Waals surface area (Å²) in [7, 11) is 2.07. The van der Waals surface area contributed by atoms with Crippen LogP contribution >= 0.6 is 0 Å². The number of ether oxygens (including phenoxy) is 22. The molecule has 0 spiro atoms. The zero-order valence-corrected chi connectivity index (χ0v) is 64.3. The molecule has 4 aliphatic rings. The quantitative estimate of drug-likeness (QED) is 0.0489. The second-order valence-corrected chi connectivity index (χ2v) is 26.7. The van der Waals surface area contributed by atoms with Crippen molar-refractivity contribution < 1.29 is 181 Å². The van der Waals surface area contributed by atoms with Crippen LogP contribution in [0, 0.1) is 5.41 Å². The summed E-state index contributed by atoms with van der Waals surface area (Å²) >= 11 is 0. The Morgan fingerprint density at radius 2 is 0.872 bits per heavy atom. The second-order valence-electron chi connectivity index (χ2n) is 26.7. The molecule has 0 radical (unpaired) electrons. The molecule has 2 amide bonds. The van der Waals surface area contributed by atoms with Gasteiger partial charge in [-0.2, -0.15) is 0 Å². The van der Waals surface area contributed by atoms with Crippen molar-refractivity contribution in [2.75, 3.05) is 47.3 Å². The van der Waals surface area contributed by atoms with Crippen molar-refractivity contribution >= 4 is 95.4 Å². The Labute approximate surface area is 628 Å². The van der Waals surface area contributed by atoms with Crippen LogP contribution in [0.3, 0.4) is 0 Å². The maximum Gasteiger partial charge on any atom is 0.366 e. The van der Waals surface area contributed by atoms with Crippen molar-refractivity contribution in [2.45, 2.75) is 290 Å². The Morgan fingerprint density at radius 1 is 0.431 bits per heavy atom. The average Bonchev–Trinajstić information content (AvgIpc) is 0.737. The molecule has 109 heavy (non-hydrogen) atoms. The number of unbranched alkanes of at least 4 members (excludes halogenated alkanes) is 5. The minimum atomic E-state index is -3.40. The Hall–Kier alpha value is -8.80. The highest BCUT2D eigenvalue weighted by atomic mass is 16.8. The van der Waals surface area contributed by atoms with Crippen LogP contribution in [0.1, 0.15) is 162 Å². The van der Waals surface area contributed by atoms with Crippen molar-refractivity contribution in [3.8, 4) is 0 Å². The first kappa shape index (κ1) is 92.6. The number of nitrogens with one attached hydrogen (secondary N) is 2. The van der Waals surface area contributed by atoms with E-state index in [4.69, 9.17) is 104 Å². The van der Waals surface area contributed by atoms with Gasteiger partial charge in [0, 0.05) is 103 Å². The highest BCUT2D eigenvalue weighted by Crippen LogP contribution is 2.44. The molecule has 4 aliphatic heterocycles. The van der Waals surface area contributed by atoms with Gasteiger partial charge in [-0.25, -0.2) is 4.79 Å². The van der Waals surface area contributed by atoms with Crippen molar-refractivity contribution in [3.05, 3.63) is 0 Å². The summed E-state index contributed by atoms with van der Waals surface area (Å²) in [5.41, 5.74) is -1.34. The molecule has 2 N–H and O–H groups in total. The van der Waals surface area contributed by atoms with E-state index >= 15 is 4.79 Å². The van der Waals surface area contributed by atoms with Gasteiger partial charge < -0.3 is 115 Å². The lowest BCUT2D eigenvalue weighted by molar-refractivity contribution is -0.401. The number of hydrogen-bond acceptors (Lipinski definition) is 38. The van der Waals surface area contributed by atoms with E-state index in [-0.39, 0.29) is 19.0 Å². The summed E-state index contributed by atoms with van der Waals surface area (Å²) in [4.78, 5) is 214. The molecular formula is C69H102N2O38. The van der Waals surface area contributed by atoms with E-state index < -0.39 is 256 Å². The summed E-state index contributed by atoms with van der Waals surface area (Å²) < 4.78 is 132. The lowest BCUT2D eigenvalue weighted by Gasteiger charge is -2.53. The van der Waals surface area contributed by atoms with Crippen LogP contribution in [0.4, 0.5) is 0 Å². The van der Waals surface area contributed by atoms with Gasteiger partial charge in [-0.15, -0.1) is 0 Å². The number of carbonyl (C=O) groups excluding carboxylic acids is 16. The molecule has 616 valence electrons. The van der Waals surface area contributed by atoms with Gasteiger partial charge in [0.15, 0.2) is 61.6 Å². The molecule has 0 aromatic carbocycles. The lowest BCUT2D eigenvalue weighted by Crippen LogP contribution is -2.73. The van der Waals surface area contributed by atoms with Crippen LogP contribution in [0.2, 0.25) is 0 Å². The van der Waals surface area contributed by atoms with Gasteiger partial charge in [0.05, 0.1) is 32.1 Å². The summed E-state index contributed by atoms with van der Waals surface area (Å²) in [6, 6.07) is -3.79. The summed E-state index contributed by atoms with van der Waals surface area (Å²) in [6.07, 6.45) is -35.0. The van der Waals surface area contributed by atoms with Gasteiger partial charge in [-0.1, -0.05) is 25.7 Å². The number of esters is 14. The number of amides is 2. The van der Waals surface area contributed by atoms with E-state index in [1.165, 1.54) is 27.9 Å². The highest BCUT2D eigenvalue weighted by molar-refractivity contribution is 5.79. The predicted octanol–water partition coefficient (Wildman–Crippen LogP) is 0.637. The van der Waals surface area contributed by atoms with E-state index in [1.54, 1.807) is 0 Å². The molecule has 0 bridgehead atoms. The molecule has 0 unspecified atom stereocenters. The van der Waals surface area contributed by atoms with Crippen LogP contribution in [0.15, 0.2) is 0 Å². The van der Waals surface area contributed by atoms with Gasteiger partial charge >= 0.3 is 83.6 Å². The maximum absolute atomic E-state index is 15.5. The fourth-order valence-corrected chi connectivity index (χ4v) is 12.0. The predicted molar refractivity (Wildman–Crippen MR) is 355 cm³/mol. The molecule has 0 aromatic rings. The third kappa shape index (κ3) is 29.5. The highest BCUT2D eigenvalue weighted by Gasteiger charge is 2.65. The molecule has 0 aliphatic carbocycles. The van der Waals surface area contributed by atoms with E-state index in [2.05, 4.69) is 10.6 Å². The monoisotopic (exact) mass is 1570 g/mol. The fraction of sp³-hybridized carbons (Fsp3) is 0.768. The molecule has 4 saturated heterocycles.